The van der Waals surface area contributed by atoms with Gasteiger partial charge in [-0.2, -0.15) is 0 Å². The summed E-state index contributed by atoms with van der Waals surface area (Å²) in [5.41, 5.74) is 1.42. The van der Waals surface area contributed by atoms with Crippen LogP contribution in [0.15, 0.2) is 18.2 Å². The van der Waals surface area contributed by atoms with Gasteiger partial charge in [-0.05, 0) is 37.5 Å². The molecule has 0 amide bonds. The number of hydrogen-bond donors (Lipinski definition) is 0. The predicted molar refractivity (Wildman–Crippen MR) is 68.8 cm³/mol. The van der Waals surface area contributed by atoms with Crippen LogP contribution >= 0.6 is 0 Å². The van der Waals surface area contributed by atoms with Crippen molar-refractivity contribution in [2.75, 3.05) is 0 Å². The second kappa shape index (κ2) is 6.53. The fourth-order valence-corrected chi connectivity index (χ4v) is 2.05. The summed E-state index contributed by atoms with van der Waals surface area (Å²) in [5, 5.41) is 0. The van der Waals surface area contributed by atoms with Crippen LogP contribution in [-0.4, -0.2) is 5.78 Å². The molecule has 1 rings (SSSR count). The molecule has 94 valence electrons. The quantitative estimate of drug-likeness (QED) is 0.663. The topological polar surface area (TPSA) is 17.1 Å². The Kier molecular flexibility index (Phi) is 5.33. The monoisotopic (exact) mass is 236 g/mol. The highest BCUT2D eigenvalue weighted by molar-refractivity contribution is 5.99. The zero-order valence-corrected chi connectivity index (χ0v) is 10.9. The van der Waals surface area contributed by atoms with Gasteiger partial charge in [0, 0.05) is 11.5 Å². The maximum absolute atomic E-state index is 13.2. The third kappa shape index (κ3) is 3.65. The number of ketones is 1. The average Bonchev–Trinajstić information content (AvgIpc) is 2.33. The summed E-state index contributed by atoms with van der Waals surface area (Å²) in [6, 6.07) is 4.44. The van der Waals surface area contributed by atoms with Crippen LogP contribution in [-0.2, 0) is 0 Å². The van der Waals surface area contributed by atoms with Crippen molar-refractivity contribution in [1.29, 1.82) is 0 Å². The van der Waals surface area contributed by atoms with Crippen LogP contribution in [0.1, 0.15) is 55.5 Å². The van der Waals surface area contributed by atoms with Crippen LogP contribution in [0.25, 0.3) is 0 Å². The Hall–Kier alpha value is -1.18. The third-order valence-corrected chi connectivity index (χ3v) is 3.23. The molecule has 0 radical (unpaired) electrons. The SMILES string of the molecule is CCCC[C@H](CC)C(=O)c1cc(F)ccc1C. The van der Waals surface area contributed by atoms with Crippen molar-refractivity contribution in [2.24, 2.45) is 5.92 Å². The second-order valence-electron chi connectivity index (χ2n) is 4.57. The summed E-state index contributed by atoms with van der Waals surface area (Å²) in [6.45, 7) is 6.00. The molecular formula is C15H21FO. The molecule has 0 heterocycles. The van der Waals surface area contributed by atoms with E-state index >= 15 is 0 Å². The van der Waals surface area contributed by atoms with Gasteiger partial charge in [-0.15, -0.1) is 0 Å². The summed E-state index contributed by atoms with van der Waals surface area (Å²) >= 11 is 0. The van der Waals surface area contributed by atoms with Gasteiger partial charge in [-0.3, -0.25) is 4.79 Å². The minimum absolute atomic E-state index is 0.0375. The van der Waals surface area contributed by atoms with E-state index in [1.165, 1.54) is 12.1 Å². The Labute approximate surface area is 103 Å². The first-order valence-corrected chi connectivity index (χ1v) is 6.40. The van der Waals surface area contributed by atoms with Crippen LogP contribution < -0.4 is 0 Å². The average molecular weight is 236 g/mol. The van der Waals surface area contributed by atoms with Crippen molar-refractivity contribution < 1.29 is 9.18 Å². The highest BCUT2D eigenvalue weighted by Gasteiger charge is 2.19. The largest absolute Gasteiger partial charge is 0.294 e. The number of hydrogen-bond acceptors (Lipinski definition) is 1. The van der Waals surface area contributed by atoms with E-state index in [0.717, 1.165) is 31.2 Å². The van der Waals surface area contributed by atoms with Crippen LogP contribution in [0.4, 0.5) is 4.39 Å². The first-order valence-electron chi connectivity index (χ1n) is 6.40. The van der Waals surface area contributed by atoms with Crippen molar-refractivity contribution in [3.8, 4) is 0 Å². The molecule has 0 aliphatic carbocycles. The van der Waals surface area contributed by atoms with Gasteiger partial charge in [0.15, 0.2) is 5.78 Å². The Morgan fingerprint density at radius 2 is 2.06 bits per heavy atom. The van der Waals surface area contributed by atoms with Crippen molar-refractivity contribution in [2.45, 2.75) is 46.5 Å². The molecule has 1 aromatic carbocycles. The van der Waals surface area contributed by atoms with Crippen molar-refractivity contribution >= 4 is 5.78 Å². The molecule has 0 aliphatic heterocycles. The molecule has 0 fully saturated rings. The zero-order valence-electron chi connectivity index (χ0n) is 10.9. The van der Waals surface area contributed by atoms with Crippen molar-refractivity contribution in [3.05, 3.63) is 35.1 Å². The number of rotatable bonds is 6. The molecule has 0 saturated carbocycles. The highest BCUT2D eigenvalue weighted by atomic mass is 19.1. The molecule has 0 bridgehead atoms. The summed E-state index contributed by atoms with van der Waals surface area (Å²) in [6.07, 6.45) is 3.88. The van der Waals surface area contributed by atoms with E-state index in [4.69, 9.17) is 0 Å². The van der Waals surface area contributed by atoms with Crippen LogP contribution in [0.3, 0.4) is 0 Å². The number of carbonyl (C=O) groups excluding carboxylic acids is 1. The second-order valence-corrected chi connectivity index (χ2v) is 4.57. The molecule has 2 heteroatoms. The van der Waals surface area contributed by atoms with Gasteiger partial charge in [-0.1, -0.05) is 32.8 Å². The Morgan fingerprint density at radius 1 is 1.35 bits per heavy atom. The third-order valence-electron chi connectivity index (χ3n) is 3.23. The van der Waals surface area contributed by atoms with E-state index in [9.17, 15) is 9.18 Å². The van der Waals surface area contributed by atoms with E-state index in [-0.39, 0.29) is 17.5 Å². The van der Waals surface area contributed by atoms with E-state index < -0.39 is 0 Å². The number of halogens is 1. The van der Waals surface area contributed by atoms with E-state index in [2.05, 4.69) is 6.92 Å². The smallest absolute Gasteiger partial charge is 0.166 e. The standard InChI is InChI=1S/C15H21FO/c1-4-6-7-12(5-2)15(17)14-10-13(16)9-8-11(14)3/h8-10,12H,4-7H2,1-3H3/t12-/m0/s1. The van der Waals surface area contributed by atoms with Gasteiger partial charge in [-0.25, -0.2) is 4.39 Å². The Morgan fingerprint density at radius 3 is 2.65 bits per heavy atom. The minimum atomic E-state index is -0.329. The lowest BCUT2D eigenvalue weighted by atomic mass is 9.89. The zero-order chi connectivity index (χ0) is 12.8. The van der Waals surface area contributed by atoms with E-state index in [1.54, 1.807) is 6.07 Å². The molecule has 0 spiro atoms. The maximum atomic E-state index is 13.2. The molecule has 0 aromatic heterocycles. The number of benzene rings is 1. The van der Waals surface area contributed by atoms with Gasteiger partial charge in [0.1, 0.15) is 5.82 Å². The van der Waals surface area contributed by atoms with Crippen molar-refractivity contribution in [3.63, 3.8) is 0 Å². The molecule has 17 heavy (non-hydrogen) atoms. The Bertz CT molecular complexity index is 385. The van der Waals surface area contributed by atoms with Crippen LogP contribution in [0.2, 0.25) is 0 Å². The lowest BCUT2D eigenvalue weighted by Gasteiger charge is -2.14. The summed E-state index contributed by atoms with van der Waals surface area (Å²) in [7, 11) is 0. The molecule has 0 saturated heterocycles. The molecule has 1 nitrogen and oxygen atoms in total. The van der Waals surface area contributed by atoms with Gasteiger partial charge in [0.05, 0.1) is 0 Å². The predicted octanol–water partition coefficient (Wildman–Crippen LogP) is 4.53. The summed E-state index contributed by atoms with van der Waals surface area (Å²) < 4.78 is 13.2. The van der Waals surface area contributed by atoms with Crippen molar-refractivity contribution in [1.82, 2.24) is 0 Å². The summed E-state index contributed by atoms with van der Waals surface area (Å²) in [4.78, 5) is 12.3. The molecule has 0 unspecified atom stereocenters. The number of carbonyl (C=O) groups is 1. The number of aryl methyl sites for hydroxylation is 1. The van der Waals surface area contributed by atoms with Gasteiger partial charge in [0.25, 0.3) is 0 Å². The molecule has 1 atom stereocenters. The molecular weight excluding hydrogens is 215 g/mol. The van der Waals surface area contributed by atoms with E-state index in [1.807, 2.05) is 13.8 Å². The van der Waals surface area contributed by atoms with Crippen LogP contribution in [0.5, 0.6) is 0 Å². The Balaban J connectivity index is 2.89. The van der Waals surface area contributed by atoms with Crippen LogP contribution in [0, 0.1) is 18.7 Å². The molecule has 0 aliphatic rings. The fourth-order valence-electron chi connectivity index (χ4n) is 2.05. The fraction of sp³-hybridized carbons (Fsp3) is 0.533. The maximum Gasteiger partial charge on any atom is 0.166 e. The summed E-state index contributed by atoms with van der Waals surface area (Å²) in [5.74, 6) is -0.197. The highest BCUT2D eigenvalue weighted by Crippen LogP contribution is 2.21. The minimum Gasteiger partial charge on any atom is -0.294 e. The molecule has 0 N–H and O–H groups in total. The lowest BCUT2D eigenvalue weighted by Crippen LogP contribution is -2.15. The number of unbranched alkanes of at least 4 members (excludes halogenated alkanes) is 1. The first-order chi connectivity index (χ1) is 8.10. The lowest BCUT2D eigenvalue weighted by molar-refractivity contribution is 0.0907. The van der Waals surface area contributed by atoms with Gasteiger partial charge >= 0.3 is 0 Å². The first kappa shape index (κ1) is 13.9. The van der Waals surface area contributed by atoms with Gasteiger partial charge < -0.3 is 0 Å². The normalized spacial score (nSPS) is 12.5. The number of Topliss-reactive ketones (excluding diaryl/α,β-unsaturated/α-hetero) is 1. The van der Waals surface area contributed by atoms with E-state index in [0.29, 0.717) is 5.56 Å². The molecule has 1 aromatic rings. The van der Waals surface area contributed by atoms with Gasteiger partial charge in [0.2, 0.25) is 0 Å².